The molecule has 1 heterocycles. The average Bonchev–Trinajstić information content (AvgIpc) is 3.46. The fourth-order valence-corrected chi connectivity index (χ4v) is 3.68. The molecule has 3 N–H and O–H groups in total. The van der Waals surface area contributed by atoms with Crippen LogP contribution >= 0.6 is 0 Å². The lowest BCUT2D eigenvalue weighted by Gasteiger charge is -2.23. The van der Waals surface area contributed by atoms with Crippen LogP contribution in [0.15, 0.2) is 35.5 Å². The number of hydrogen-bond acceptors (Lipinski definition) is 5. The van der Waals surface area contributed by atoms with Crippen molar-refractivity contribution in [3.8, 4) is 0 Å². The Hall–Kier alpha value is -2.45. The predicted molar refractivity (Wildman–Crippen MR) is 114 cm³/mol. The summed E-state index contributed by atoms with van der Waals surface area (Å²) in [5.41, 5.74) is 1.68. The van der Waals surface area contributed by atoms with Gasteiger partial charge in [-0.05, 0) is 61.7 Å². The van der Waals surface area contributed by atoms with Crippen LogP contribution in [0.4, 0.5) is 11.5 Å². The summed E-state index contributed by atoms with van der Waals surface area (Å²) in [6.45, 7) is 5.81. The molecule has 1 aliphatic carbocycles. The van der Waals surface area contributed by atoms with E-state index in [-0.39, 0.29) is 5.91 Å². The van der Waals surface area contributed by atoms with E-state index >= 15 is 0 Å². The lowest BCUT2D eigenvalue weighted by atomic mass is 10.2. The minimum atomic E-state index is -2.79. The van der Waals surface area contributed by atoms with Crippen LogP contribution in [-0.2, 0) is 9.71 Å². The third-order valence-electron chi connectivity index (χ3n) is 4.72. The first-order valence-electron chi connectivity index (χ1n) is 9.42. The summed E-state index contributed by atoms with van der Waals surface area (Å²) < 4.78 is 11.9. The number of aromatic nitrogens is 2. The van der Waals surface area contributed by atoms with Gasteiger partial charge in [-0.2, -0.15) is 0 Å². The molecule has 7 nitrogen and oxygen atoms in total. The summed E-state index contributed by atoms with van der Waals surface area (Å²) >= 11 is 0. The van der Waals surface area contributed by atoms with E-state index < -0.39 is 9.71 Å². The van der Waals surface area contributed by atoms with Crippen LogP contribution in [0.1, 0.15) is 42.2 Å². The number of hydrogen-bond donors (Lipinski definition) is 2. The van der Waals surface area contributed by atoms with E-state index in [0.29, 0.717) is 16.3 Å². The van der Waals surface area contributed by atoms with Crippen molar-refractivity contribution in [1.82, 2.24) is 9.97 Å². The molecule has 0 bridgehead atoms. The van der Waals surface area contributed by atoms with Gasteiger partial charge in [-0.25, -0.2) is 14.2 Å². The molecule has 1 aromatic heterocycles. The van der Waals surface area contributed by atoms with Gasteiger partial charge in [0.2, 0.25) is 0 Å². The van der Waals surface area contributed by atoms with Crippen molar-refractivity contribution in [2.45, 2.75) is 38.0 Å². The van der Waals surface area contributed by atoms with Crippen molar-refractivity contribution in [3.05, 3.63) is 41.9 Å². The van der Waals surface area contributed by atoms with E-state index in [0.717, 1.165) is 36.8 Å². The molecule has 1 unspecified atom stereocenters. The minimum Gasteiger partial charge on any atom is -0.356 e. The number of carbonyl (C=O) groups excluding carboxylic acids is 1. The Bertz CT molecular complexity index is 970. The Morgan fingerprint density at radius 1 is 1.36 bits per heavy atom. The molecule has 1 aromatic carbocycles. The summed E-state index contributed by atoms with van der Waals surface area (Å²) in [5, 5.41) is 8.44. The molecule has 1 fully saturated rings. The zero-order valence-electron chi connectivity index (χ0n) is 16.4. The SMILES string of the molecule is C=S(N)(=O)c1ccc(NC(=O)c2cc(N(CCC)CC3CC3)ncn2)c(C)c1. The monoisotopic (exact) mass is 401 g/mol. The molecule has 0 radical (unpaired) electrons. The highest BCUT2D eigenvalue weighted by molar-refractivity contribution is 7.98. The number of aryl methyl sites for hydroxylation is 1. The highest BCUT2D eigenvalue weighted by atomic mass is 32.2. The van der Waals surface area contributed by atoms with Crippen LogP contribution in [0.25, 0.3) is 0 Å². The van der Waals surface area contributed by atoms with E-state index in [1.54, 1.807) is 24.3 Å². The van der Waals surface area contributed by atoms with Gasteiger partial charge < -0.3 is 10.2 Å². The molecule has 28 heavy (non-hydrogen) atoms. The van der Waals surface area contributed by atoms with Gasteiger partial charge in [0.15, 0.2) is 0 Å². The molecule has 3 rings (SSSR count). The number of nitrogens with two attached hydrogens (primary N) is 1. The first-order valence-corrected chi connectivity index (χ1v) is 11.2. The van der Waals surface area contributed by atoms with Crippen LogP contribution < -0.4 is 15.4 Å². The third kappa shape index (κ3) is 5.08. The second kappa shape index (κ2) is 8.28. The van der Waals surface area contributed by atoms with Crippen molar-refractivity contribution in [1.29, 1.82) is 0 Å². The molecular weight excluding hydrogens is 374 g/mol. The molecule has 0 spiro atoms. The average molecular weight is 402 g/mol. The van der Waals surface area contributed by atoms with E-state index in [2.05, 4.69) is 33.0 Å². The van der Waals surface area contributed by atoms with Gasteiger partial charge >= 0.3 is 0 Å². The van der Waals surface area contributed by atoms with E-state index in [9.17, 15) is 9.00 Å². The van der Waals surface area contributed by atoms with Gasteiger partial charge in [0, 0.05) is 29.7 Å². The Morgan fingerprint density at radius 2 is 2.11 bits per heavy atom. The normalized spacial score (nSPS) is 15.7. The molecule has 2 aromatic rings. The second-order valence-electron chi connectivity index (χ2n) is 7.31. The summed E-state index contributed by atoms with van der Waals surface area (Å²) in [7, 11) is -2.79. The number of anilines is 2. The maximum absolute atomic E-state index is 12.7. The maximum atomic E-state index is 12.7. The zero-order valence-corrected chi connectivity index (χ0v) is 17.2. The Balaban J connectivity index is 1.77. The Labute approximate surface area is 166 Å². The van der Waals surface area contributed by atoms with Gasteiger partial charge in [0.1, 0.15) is 17.8 Å². The van der Waals surface area contributed by atoms with Crippen molar-refractivity contribution in [2.24, 2.45) is 11.1 Å². The first kappa shape index (κ1) is 20.3. The summed E-state index contributed by atoms with van der Waals surface area (Å²) in [5.74, 6) is 4.67. The lowest BCUT2D eigenvalue weighted by Crippen LogP contribution is -2.28. The molecule has 150 valence electrons. The molecular formula is C20H27N5O2S. The highest BCUT2D eigenvalue weighted by Crippen LogP contribution is 2.31. The summed E-state index contributed by atoms with van der Waals surface area (Å²) in [4.78, 5) is 23.9. The van der Waals surface area contributed by atoms with Crippen LogP contribution in [0.3, 0.4) is 0 Å². The number of benzene rings is 1. The van der Waals surface area contributed by atoms with Crippen molar-refractivity contribution >= 4 is 33.0 Å². The predicted octanol–water partition coefficient (Wildman–Crippen LogP) is 2.61. The van der Waals surface area contributed by atoms with Crippen LogP contribution in [0.2, 0.25) is 0 Å². The Morgan fingerprint density at radius 3 is 2.71 bits per heavy atom. The van der Waals surface area contributed by atoms with Crippen molar-refractivity contribution in [3.63, 3.8) is 0 Å². The van der Waals surface area contributed by atoms with Gasteiger partial charge in [-0.1, -0.05) is 6.92 Å². The van der Waals surface area contributed by atoms with Gasteiger partial charge in [-0.3, -0.25) is 9.93 Å². The fraction of sp³-hybridized carbons (Fsp3) is 0.400. The largest absolute Gasteiger partial charge is 0.356 e. The van der Waals surface area contributed by atoms with Gasteiger partial charge in [0.25, 0.3) is 5.91 Å². The molecule has 1 atom stereocenters. The molecule has 8 heteroatoms. The van der Waals surface area contributed by atoms with E-state index in [1.165, 1.54) is 19.2 Å². The molecule has 1 saturated carbocycles. The maximum Gasteiger partial charge on any atom is 0.274 e. The Kier molecular flexibility index (Phi) is 6.00. The number of carbonyl (C=O) groups is 1. The van der Waals surface area contributed by atoms with Crippen LogP contribution in [0, 0.1) is 12.8 Å². The fourth-order valence-electron chi connectivity index (χ4n) is 3.00. The zero-order chi connectivity index (χ0) is 20.3. The molecule has 0 aliphatic heterocycles. The second-order valence-corrected chi connectivity index (χ2v) is 9.23. The number of rotatable bonds is 8. The first-order chi connectivity index (χ1) is 13.3. The van der Waals surface area contributed by atoms with Crippen LogP contribution in [-0.4, -0.2) is 39.0 Å². The number of nitrogens with one attached hydrogen (secondary N) is 1. The molecule has 1 amide bonds. The van der Waals surface area contributed by atoms with Crippen molar-refractivity contribution in [2.75, 3.05) is 23.3 Å². The van der Waals surface area contributed by atoms with Gasteiger partial charge in [0.05, 0.1) is 9.71 Å². The van der Waals surface area contributed by atoms with E-state index in [1.807, 2.05) is 6.92 Å². The number of nitrogens with zero attached hydrogens (tertiary/aromatic N) is 3. The molecule has 1 aliphatic rings. The quantitative estimate of drug-likeness (QED) is 0.662. The van der Waals surface area contributed by atoms with Crippen LogP contribution in [0.5, 0.6) is 0 Å². The minimum absolute atomic E-state index is 0.310. The topological polar surface area (TPSA) is 101 Å². The highest BCUT2D eigenvalue weighted by Gasteiger charge is 2.25. The standard InChI is InChI=1S/C20H27N5O2S/c1-4-9-25(12-15-5-6-15)19-11-18(22-13-23-19)20(26)24-17-8-7-16(10-14(17)2)28(3,21)27/h7-8,10-11,13,15H,3-6,9,12H2,1-2H3,(H2,21,27)(H,24,26). The summed E-state index contributed by atoms with van der Waals surface area (Å²) in [6.07, 6.45) is 4.97. The molecule has 0 saturated heterocycles. The van der Waals surface area contributed by atoms with Crippen molar-refractivity contribution < 1.29 is 9.00 Å². The van der Waals surface area contributed by atoms with E-state index in [4.69, 9.17) is 5.14 Å². The summed E-state index contributed by atoms with van der Waals surface area (Å²) in [6, 6.07) is 6.70. The number of amides is 1. The third-order valence-corrected chi connectivity index (χ3v) is 5.78. The lowest BCUT2D eigenvalue weighted by molar-refractivity contribution is 0.102. The van der Waals surface area contributed by atoms with Gasteiger partial charge in [-0.15, -0.1) is 0 Å². The smallest absolute Gasteiger partial charge is 0.274 e.